The molecule has 7 heteroatoms. The number of amides is 2. The van der Waals surface area contributed by atoms with Crippen molar-refractivity contribution in [1.29, 1.82) is 0 Å². The summed E-state index contributed by atoms with van der Waals surface area (Å²) >= 11 is 12.1. The molecule has 2 aromatic rings. The van der Waals surface area contributed by atoms with E-state index in [-0.39, 0.29) is 18.4 Å². The summed E-state index contributed by atoms with van der Waals surface area (Å²) in [6.45, 7) is 4.64. The van der Waals surface area contributed by atoms with Gasteiger partial charge in [0, 0.05) is 36.8 Å². The van der Waals surface area contributed by atoms with Crippen LogP contribution in [-0.2, 0) is 4.79 Å². The summed E-state index contributed by atoms with van der Waals surface area (Å²) in [5.74, 6) is -0.150. The van der Waals surface area contributed by atoms with Gasteiger partial charge in [-0.1, -0.05) is 35.3 Å². The lowest BCUT2D eigenvalue weighted by atomic mass is 10.2. The fraction of sp³-hybridized carbons (Fsp3) is 0.300. The SMILES string of the molecule is Cc1ccc(NC(=O)CN2CCN(C(=O)c3cccc(Cl)c3)CC2)c(Cl)c1. The lowest BCUT2D eigenvalue weighted by Gasteiger charge is -2.34. The number of nitrogens with one attached hydrogen (secondary N) is 1. The molecular weight excluding hydrogens is 385 g/mol. The van der Waals surface area contributed by atoms with E-state index in [4.69, 9.17) is 23.2 Å². The minimum Gasteiger partial charge on any atom is -0.336 e. The minimum absolute atomic E-state index is 0.0342. The Labute approximate surface area is 168 Å². The van der Waals surface area contributed by atoms with Crippen LogP contribution in [-0.4, -0.2) is 54.3 Å². The Bertz CT molecular complexity index is 849. The number of carbonyl (C=O) groups excluding carboxylic acids is 2. The molecule has 0 saturated carbocycles. The predicted octanol–water partition coefficient (Wildman–Crippen LogP) is 3.70. The number of hydrogen-bond donors (Lipinski definition) is 1. The molecule has 1 N–H and O–H groups in total. The Balaban J connectivity index is 1.50. The van der Waals surface area contributed by atoms with Crippen LogP contribution in [0.3, 0.4) is 0 Å². The number of nitrogens with zero attached hydrogens (tertiary/aromatic N) is 2. The van der Waals surface area contributed by atoms with Crippen LogP contribution in [0.25, 0.3) is 0 Å². The summed E-state index contributed by atoms with van der Waals surface area (Å²) in [7, 11) is 0. The summed E-state index contributed by atoms with van der Waals surface area (Å²) in [6.07, 6.45) is 0. The van der Waals surface area contributed by atoms with Crippen molar-refractivity contribution < 1.29 is 9.59 Å². The predicted molar refractivity (Wildman–Crippen MR) is 109 cm³/mol. The molecular formula is C20H21Cl2N3O2. The number of anilines is 1. The molecule has 2 aromatic carbocycles. The Morgan fingerprint density at radius 3 is 2.44 bits per heavy atom. The molecule has 142 valence electrons. The van der Waals surface area contributed by atoms with Crippen molar-refractivity contribution in [2.45, 2.75) is 6.92 Å². The monoisotopic (exact) mass is 405 g/mol. The zero-order valence-electron chi connectivity index (χ0n) is 15.0. The second kappa shape index (κ2) is 8.74. The van der Waals surface area contributed by atoms with Crippen LogP contribution in [0, 0.1) is 6.92 Å². The molecule has 1 fully saturated rings. The van der Waals surface area contributed by atoms with Gasteiger partial charge in [0.1, 0.15) is 0 Å². The van der Waals surface area contributed by atoms with Gasteiger partial charge in [0.2, 0.25) is 5.91 Å². The maximum Gasteiger partial charge on any atom is 0.253 e. The molecule has 1 saturated heterocycles. The largest absolute Gasteiger partial charge is 0.336 e. The molecule has 0 aliphatic carbocycles. The van der Waals surface area contributed by atoms with E-state index in [9.17, 15) is 9.59 Å². The van der Waals surface area contributed by atoms with E-state index in [0.29, 0.717) is 47.5 Å². The normalized spacial score (nSPS) is 14.9. The molecule has 0 bridgehead atoms. The molecule has 0 spiro atoms. The highest BCUT2D eigenvalue weighted by Crippen LogP contribution is 2.22. The van der Waals surface area contributed by atoms with Crippen molar-refractivity contribution in [3.05, 3.63) is 63.6 Å². The summed E-state index contributed by atoms with van der Waals surface area (Å²) in [4.78, 5) is 28.6. The standard InChI is InChI=1S/C20H21Cl2N3O2/c1-14-5-6-18(17(22)11-14)23-19(26)13-24-7-9-25(10-8-24)20(27)15-3-2-4-16(21)12-15/h2-6,11-12H,7-10,13H2,1H3,(H,23,26). The highest BCUT2D eigenvalue weighted by molar-refractivity contribution is 6.33. The van der Waals surface area contributed by atoms with Gasteiger partial charge in [-0.15, -0.1) is 0 Å². The van der Waals surface area contributed by atoms with Gasteiger partial charge in [-0.05, 0) is 42.8 Å². The van der Waals surface area contributed by atoms with Gasteiger partial charge in [-0.2, -0.15) is 0 Å². The molecule has 27 heavy (non-hydrogen) atoms. The first kappa shape index (κ1) is 19.7. The van der Waals surface area contributed by atoms with Crippen molar-refractivity contribution in [1.82, 2.24) is 9.80 Å². The Kier molecular flexibility index (Phi) is 6.37. The van der Waals surface area contributed by atoms with E-state index in [2.05, 4.69) is 5.32 Å². The fourth-order valence-electron chi connectivity index (χ4n) is 3.03. The number of rotatable bonds is 4. The molecule has 1 aliphatic rings. The summed E-state index contributed by atoms with van der Waals surface area (Å²) in [5.41, 5.74) is 2.24. The number of aryl methyl sites for hydroxylation is 1. The van der Waals surface area contributed by atoms with Crippen molar-refractivity contribution in [2.75, 3.05) is 38.0 Å². The van der Waals surface area contributed by atoms with Gasteiger partial charge in [0.05, 0.1) is 17.3 Å². The molecule has 1 heterocycles. The van der Waals surface area contributed by atoms with Crippen LogP contribution < -0.4 is 5.32 Å². The molecule has 3 rings (SSSR count). The second-order valence-electron chi connectivity index (χ2n) is 6.61. The Hall–Kier alpha value is -2.08. The van der Waals surface area contributed by atoms with Gasteiger partial charge < -0.3 is 10.2 Å². The van der Waals surface area contributed by atoms with Gasteiger partial charge in [-0.3, -0.25) is 14.5 Å². The second-order valence-corrected chi connectivity index (χ2v) is 7.45. The summed E-state index contributed by atoms with van der Waals surface area (Å²) in [6, 6.07) is 12.5. The van der Waals surface area contributed by atoms with Crippen molar-refractivity contribution in [3.8, 4) is 0 Å². The van der Waals surface area contributed by atoms with E-state index in [1.807, 2.05) is 24.0 Å². The number of carbonyl (C=O) groups is 2. The van der Waals surface area contributed by atoms with Crippen LogP contribution in [0.5, 0.6) is 0 Å². The highest BCUT2D eigenvalue weighted by atomic mass is 35.5. The molecule has 0 radical (unpaired) electrons. The van der Waals surface area contributed by atoms with Gasteiger partial charge in [0.15, 0.2) is 0 Å². The Morgan fingerprint density at radius 2 is 1.78 bits per heavy atom. The molecule has 1 aliphatic heterocycles. The third-order valence-corrected chi connectivity index (χ3v) is 5.04. The van der Waals surface area contributed by atoms with Crippen molar-refractivity contribution in [2.24, 2.45) is 0 Å². The average Bonchev–Trinajstić information content (AvgIpc) is 2.64. The molecule has 0 atom stereocenters. The molecule has 2 amide bonds. The molecule has 0 aromatic heterocycles. The fourth-order valence-corrected chi connectivity index (χ4v) is 3.50. The van der Waals surface area contributed by atoms with Crippen molar-refractivity contribution >= 4 is 40.7 Å². The maximum atomic E-state index is 12.5. The Morgan fingerprint density at radius 1 is 1.04 bits per heavy atom. The van der Waals surface area contributed by atoms with Gasteiger partial charge in [0.25, 0.3) is 5.91 Å². The lowest BCUT2D eigenvalue weighted by Crippen LogP contribution is -2.50. The summed E-state index contributed by atoms with van der Waals surface area (Å²) < 4.78 is 0. The topological polar surface area (TPSA) is 52.7 Å². The van der Waals surface area contributed by atoms with Crippen LogP contribution in [0.1, 0.15) is 15.9 Å². The van der Waals surface area contributed by atoms with Crippen LogP contribution in [0.15, 0.2) is 42.5 Å². The number of hydrogen-bond acceptors (Lipinski definition) is 3. The third-order valence-electron chi connectivity index (χ3n) is 4.50. The lowest BCUT2D eigenvalue weighted by molar-refractivity contribution is -0.117. The number of halogens is 2. The average molecular weight is 406 g/mol. The number of benzene rings is 2. The minimum atomic E-state index is -0.115. The van der Waals surface area contributed by atoms with E-state index < -0.39 is 0 Å². The van der Waals surface area contributed by atoms with Crippen LogP contribution in [0.2, 0.25) is 10.0 Å². The van der Waals surface area contributed by atoms with E-state index >= 15 is 0 Å². The first-order valence-electron chi connectivity index (χ1n) is 8.75. The highest BCUT2D eigenvalue weighted by Gasteiger charge is 2.23. The third kappa shape index (κ3) is 5.22. The first-order chi connectivity index (χ1) is 12.9. The maximum absolute atomic E-state index is 12.5. The molecule has 5 nitrogen and oxygen atoms in total. The van der Waals surface area contributed by atoms with Crippen molar-refractivity contribution in [3.63, 3.8) is 0 Å². The van der Waals surface area contributed by atoms with E-state index in [1.54, 1.807) is 35.2 Å². The van der Waals surface area contributed by atoms with Crippen LogP contribution >= 0.6 is 23.2 Å². The van der Waals surface area contributed by atoms with Crippen LogP contribution in [0.4, 0.5) is 5.69 Å². The summed E-state index contributed by atoms with van der Waals surface area (Å²) in [5, 5.41) is 3.92. The first-order valence-corrected chi connectivity index (χ1v) is 9.51. The smallest absolute Gasteiger partial charge is 0.253 e. The van der Waals surface area contributed by atoms with E-state index in [1.165, 1.54) is 0 Å². The number of piperazine rings is 1. The zero-order chi connectivity index (χ0) is 19.4. The van der Waals surface area contributed by atoms with Gasteiger partial charge >= 0.3 is 0 Å². The quantitative estimate of drug-likeness (QED) is 0.843. The van der Waals surface area contributed by atoms with E-state index in [0.717, 1.165) is 5.56 Å². The molecule has 0 unspecified atom stereocenters. The van der Waals surface area contributed by atoms with Gasteiger partial charge in [-0.25, -0.2) is 0 Å². The zero-order valence-corrected chi connectivity index (χ0v) is 16.6.